The zero-order valence-corrected chi connectivity index (χ0v) is 9.70. The van der Waals surface area contributed by atoms with E-state index in [-0.39, 0.29) is 5.15 Å². The van der Waals surface area contributed by atoms with Crippen LogP contribution in [0.25, 0.3) is 0 Å². The summed E-state index contributed by atoms with van der Waals surface area (Å²) in [7, 11) is 0. The Bertz CT molecular complexity index is 371. The smallest absolute Gasteiger partial charge is 0.148 e. The third kappa shape index (κ3) is 1.65. The van der Waals surface area contributed by atoms with Crippen molar-refractivity contribution in [2.24, 2.45) is 0 Å². The average molecular weight is 313 g/mol. The number of hydrogen-bond donors (Lipinski definition) is 0. The van der Waals surface area contributed by atoms with Crippen LogP contribution >= 0.6 is 45.8 Å². The van der Waals surface area contributed by atoms with Gasteiger partial charge in [-0.2, -0.15) is 5.26 Å². The lowest BCUT2D eigenvalue weighted by atomic mass is 10.2. The number of rotatable bonds is 0. The van der Waals surface area contributed by atoms with Gasteiger partial charge in [0.25, 0.3) is 0 Å². The van der Waals surface area contributed by atoms with Crippen molar-refractivity contribution in [2.45, 2.75) is 6.92 Å². The van der Waals surface area contributed by atoms with Crippen molar-refractivity contribution in [3.63, 3.8) is 0 Å². The highest BCUT2D eigenvalue weighted by Crippen LogP contribution is 2.26. The van der Waals surface area contributed by atoms with Crippen molar-refractivity contribution in [3.05, 3.63) is 25.0 Å². The molecule has 1 aromatic rings. The molecule has 0 aliphatic carbocycles. The fourth-order valence-electron chi connectivity index (χ4n) is 0.740. The zero-order valence-electron chi connectivity index (χ0n) is 6.03. The molecule has 0 amide bonds. The van der Waals surface area contributed by atoms with Gasteiger partial charge >= 0.3 is 0 Å². The zero-order chi connectivity index (χ0) is 9.30. The molecular formula is C7H3Cl2IN2. The second-order valence-corrected chi connectivity index (χ2v) is 3.91. The van der Waals surface area contributed by atoms with Crippen molar-refractivity contribution in [3.8, 4) is 6.07 Å². The summed E-state index contributed by atoms with van der Waals surface area (Å²) >= 11 is 13.5. The Balaban J connectivity index is 3.54. The van der Waals surface area contributed by atoms with Gasteiger partial charge in [0.15, 0.2) is 0 Å². The highest BCUT2D eigenvalue weighted by atomic mass is 127. The van der Waals surface area contributed by atoms with Crippen LogP contribution in [-0.2, 0) is 0 Å². The van der Waals surface area contributed by atoms with Gasteiger partial charge in [-0.05, 0) is 35.1 Å². The molecule has 0 radical (unpaired) electrons. The monoisotopic (exact) mass is 312 g/mol. The number of nitrogens with zero attached hydrogens (tertiary/aromatic N) is 2. The summed E-state index contributed by atoms with van der Waals surface area (Å²) in [6, 6.07) is 1.97. The van der Waals surface area contributed by atoms with Crippen LogP contribution in [0.4, 0.5) is 0 Å². The molecule has 0 N–H and O–H groups in total. The summed E-state index contributed by atoms with van der Waals surface area (Å²) in [5.41, 5.74) is 1.17. The quantitative estimate of drug-likeness (QED) is 0.545. The van der Waals surface area contributed by atoms with Crippen LogP contribution in [0.1, 0.15) is 11.1 Å². The fourth-order valence-corrected chi connectivity index (χ4v) is 1.67. The minimum absolute atomic E-state index is 0.167. The van der Waals surface area contributed by atoms with Crippen molar-refractivity contribution < 1.29 is 0 Å². The van der Waals surface area contributed by atoms with E-state index in [1.54, 1.807) is 6.92 Å². The molecule has 0 saturated heterocycles. The van der Waals surface area contributed by atoms with Crippen molar-refractivity contribution in [2.75, 3.05) is 0 Å². The Morgan fingerprint density at radius 2 is 2.00 bits per heavy atom. The Hall–Kier alpha value is -0.0500. The number of nitriles is 1. The maximum atomic E-state index is 8.69. The van der Waals surface area contributed by atoms with Gasteiger partial charge in [0.2, 0.25) is 0 Å². The fraction of sp³-hybridized carbons (Fsp3) is 0.143. The molecule has 1 aromatic heterocycles. The molecule has 0 unspecified atom stereocenters. The van der Waals surface area contributed by atoms with E-state index in [0.29, 0.717) is 10.7 Å². The molecule has 0 aromatic carbocycles. The van der Waals surface area contributed by atoms with Gasteiger partial charge in [-0.15, -0.1) is 0 Å². The van der Waals surface area contributed by atoms with Gasteiger partial charge in [0.1, 0.15) is 16.4 Å². The first kappa shape index (κ1) is 10.0. The lowest BCUT2D eigenvalue weighted by Gasteiger charge is -2.03. The molecule has 2 nitrogen and oxygen atoms in total. The van der Waals surface area contributed by atoms with E-state index < -0.39 is 0 Å². The maximum Gasteiger partial charge on any atom is 0.148 e. The molecule has 1 rings (SSSR count). The number of pyridine rings is 1. The highest BCUT2D eigenvalue weighted by molar-refractivity contribution is 14.1. The van der Waals surface area contributed by atoms with E-state index in [1.165, 1.54) is 0 Å². The summed E-state index contributed by atoms with van der Waals surface area (Å²) in [5.74, 6) is 0. The first-order valence-electron chi connectivity index (χ1n) is 2.99. The van der Waals surface area contributed by atoms with E-state index in [9.17, 15) is 0 Å². The summed E-state index contributed by atoms with van der Waals surface area (Å²) in [4.78, 5) is 3.81. The van der Waals surface area contributed by atoms with E-state index in [2.05, 4.69) is 4.98 Å². The number of halogens is 3. The van der Waals surface area contributed by atoms with E-state index >= 15 is 0 Å². The van der Waals surface area contributed by atoms with Crippen molar-refractivity contribution in [1.82, 2.24) is 4.98 Å². The van der Waals surface area contributed by atoms with E-state index in [4.69, 9.17) is 28.5 Å². The van der Waals surface area contributed by atoms with Gasteiger partial charge in [-0.25, -0.2) is 4.98 Å². The largest absolute Gasteiger partial charge is 0.222 e. The third-order valence-corrected chi connectivity index (χ3v) is 3.59. The molecule has 0 spiro atoms. The van der Waals surface area contributed by atoms with Gasteiger partial charge < -0.3 is 0 Å². The molecule has 0 fully saturated rings. The predicted octanol–water partition coefficient (Wildman–Crippen LogP) is 3.17. The first-order chi connectivity index (χ1) is 5.57. The lowest BCUT2D eigenvalue weighted by molar-refractivity contribution is 1.23. The first-order valence-corrected chi connectivity index (χ1v) is 4.82. The summed E-state index contributed by atoms with van der Waals surface area (Å²) in [6.07, 6.45) is 0. The molecule has 0 bridgehead atoms. The molecule has 0 atom stereocenters. The van der Waals surface area contributed by atoms with Crippen LogP contribution in [0.2, 0.25) is 10.3 Å². The van der Waals surface area contributed by atoms with Crippen molar-refractivity contribution in [1.29, 1.82) is 5.26 Å². The van der Waals surface area contributed by atoms with E-state index in [1.807, 2.05) is 28.7 Å². The van der Waals surface area contributed by atoms with Gasteiger partial charge in [-0.3, -0.25) is 0 Å². The van der Waals surface area contributed by atoms with Crippen LogP contribution in [0.5, 0.6) is 0 Å². The second-order valence-electron chi connectivity index (χ2n) is 2.12. The Kier molecular flexibility index (Phi) is 3.16. The Morgan fingerprint density at radius 3 is 2.50 bits per heavy atom. The highest BCUT2D eigenvalue weighted by Gasteiger charge is 2.11. The Labute approximate surface area is 93.6 Å². The van der Waals surface area contributed by atoms with Gasteiger partial charge in [-0.1, -0.05) is 23.2 Å². The molecule has 5 heteroatoms. The molecule has 1 heterocycles. The maximum absolute atomic E-state index is 8.69. The Morgan fingerprint density at radius 1 is 1.42 bits per heavy atom. The average Bonchev–Trinajstić information content (AvgIpc) is 2.01. The van der Waals surface area contributed by atoms with Gasteiger partial charge in [0, 0.05) is 0 Å². The SMILES string of the molecule is Cc1c(I)c(Cl)nc(Cl)c1C#N. The molecule has 0 aliphatic rings. The van der Waals surface area contributed by atoms with Crippen LogP contribution in [0.15, 0.2) is 0 Å². The summed E-state index contributed by atoms with van der Waals surface area (Å²) in [5, 5.41) is 9.21. The summed E-state index contributed by atoms with van der Waals surface area (Å²) in [6.45, 7) is 1.79. The minimum Gasteiger partial charge on any atom is -0.222 e. The molecular weight excluding hydrogens is 310 g/mol. The van der Waals surface area contributed by atoms with E-state index in [0.717, 1.165) is 9.13 Å². The van der Waals surface area contributed by atoms with Crippen LogP contribution in [-0.4, -0.2) is 4.98 Å². The molecule has 0 saturated carbocycles. The lowest BCUT2D eigenvalue weighted by Crippen LogP contribution is -1.93. The van der Waals surface area contributed by atoms with Crippen LogP contribution < -0.4 is 0 Å². The normalized spacial score (nSPS) is 9.58. The molecule has 62 valence electrons. The number of aromatic nitrogens is 1. The second kappa shape index (κ2) is 3.77. The molecule has 12 heavy (non-hydrogen) atoms. The van der Waals surface area contributed by atoms with Crippen LogP contribution in [0.3, 0.4) is 0 Å². The standard InChI is InChI=1S/C7H3Cl2IN2/c1-3-4(2-11)6(8)12-7(9)5(3)10/h1H3. The number of hydrogen-bond acceptors (Lipinski definition) is 2. The minimum atomic E-state index is 0.167. The predicted molar refractivity (Wildman–Crippen MR) is 56.4 cm³/mol. The van der Waals surface area contributed by atoms with Gasteiger partial charge in [0.05, 0.1) is 9.13 Å². The van der Waals surface area contributed by atoms with Crippen molar-refractivity contribution >= 4 is 45.8 Å². The third-order valence-electron chi connectivity index (χ3n) is 1.40. The molecule has 0 aliphatic heterocycles. The summed E-state index contributed by atoms with van der Waals surface area (Å²) < 4.78 is 0.773. The topological polar surface area (TPSA) is 36.7 Å². The van der Waals surface area contributed by atoms with Crippen LogP contribution in [0, 0.1) is 21.8 Å².